The fourth-order valence-electron chi connectivity index (χ4n) is 6.84. The summed E-state index contributed by atoms with van der Waals surface area (Å²) < 4.78 is 31.2. The minimum Gasteiger partial charge on any atom is -0.485 e. The molecule has 12 heteroatoms. The molecule has 1 saturated carbocycles. The minimum absolute atomic E-state index is 0.0461. The number of aromatic nitrogens is 1. The Kier molecular flexibility index (Phi) is 11.6. The second-order valence-corrected chi connectivity index (χ2v) is 14.4. The van der Waals surface area contributed by atoms with Gasteiger partial charge in [-0.2, -0.15) is 0 Å². The lowest BCUT2D eigenvalue weighted by atomic mass is 9.80. The molecular formula is C36H42Cl3F2N5O2. The summed E-state index contributed by atoms with van der Waals surface area (Å²) in [5.74, 6) is 1.36. The first-order valence-corrected chi connectivity index (χ1v) is 17.9. The molecule has 0 radical (unpaired) electrons. The Morgan fingerprint density at radius 1 is 1.08 bits per heavy atom. The van der Waals surface area contributed by atoms with Crippen LogP contribution in [-0.2, 0) is 17.8 Å². The van der Waals surface area contributed by atoms with Gasteiger partial charge in [0, 0.05) is 43.3 Å². The summed E-state index contributed by atoms with van der Waals surface area (Å²) in [6, 6.07) is 13.8. The molecule has 0 bridgehead atoms. The van der Waals surface area contributed by atoms with Crippen molar-refractivity contribution in [3.05, 3.63) is 86.0 Å². The molecule has 2 N–H and O–H groups in total. The molecule has 3 fully saturated rings. The third kappa shape index (κ3) is 8.72. The molecule has 1 amide bonds. The maximum Gasteiger partial charge on any atom is 0.250 e. The van der Waals surface area contributed by atoms with Crippen molar-refractivity contribution in [1.29, 1.82) is 0 Å². The summed E-state index contributed by atoms with van der Waals surface area (Å²) in [5, 5.41) is 7.86. The normalized spacial score (nSPS) is 21.1. The summed E-state index contributed by atoms with van der Waals surface area (Å²) in [6.07, 6.45) is 3.72. The van der Waals surface area contributed by atoms with Gasteiger partial charge < -0.3 is 25.2 Å². The molecule has 2 aliphatic heterocycles. The number of hydrogen-bond acceptors (Lipinski definition) is 6. The first kappa shape index (κ1) is 35.1. The number of carbonyl (C=O) groups is 1. The Morgan fingerprint density at radius 3 is 2.58 bits per heavy atom. The van der Waals surface area contributed by atoms with Gasteiger partial charge in [0.15, 0.2) is 5.75 Å². The summed E-state index contributed by atoms with van der Waals surface area (Å²) in [6.45, 7) is 5.41. The highest BCUT2D eigenvalue weighted by Crippen LogP contribution is 2.38. The van der Waals surface area contributed by atoms with Crippen LogP contribution in [0.25, 0.3) is 0 Å². The Morgan fingerprint density at radius 2 is 1.88 bits per heavy atom. The summed E-state index contributed by atoms with van der Waals surface area (Å²) in [5.41, 5.74) is 3.94. The third-order valence-electron chi connectivity index (χ3n) is 9.50. The number of aryl methyl sites for hydroxylation is 1. The van der Waals surface area contributed by atoms with Crippen LogP contribution in [0.3, 0.4) is 0 Å². The minimum atomic E-state index is -2.38. The fourth-order valence-corrected chi connectivity index (χ4v) is 7.70. The van der Waals surface area contributed by atoms with E-state index in [1.807, 2.05) is 54.4 Å². The molecule has 6 rings (SSSR count). The smallest absolute Gasteiger partial charge is 0.250 e. The molecule has 48 heavy (non-hydrogen) atoms. The number of ether oxygens (including phenoxy) is 1. The van der Waals surface area contributed by atoms with E-state index < -0.39 is 6.43 Å². The molecule has 2 unspecified atom stereocenters. The molecule has 1 aliphatic carbocycles. The molecule has 1 aromatic heterocycles. The number of rotatable bonds is 13. The van der Waals surface area contributed by atoms with Gasteiger partial charge in [-0.15, -0.1) is 0 Å². The molecule has 3 atom stereocenters. The zero-order valence-corrected chi connectivity index (χ0v) is 29.3. The van der Waals surface area contributed by atoms with Crippen LogP contribution in [0.5, 0.6) is 5.75 Å². The van der Waals surface area contributed by atoms with Crippen molar-refractivity contribution >= 4 is 46.5 Å². The lowest BCUT2D eigenvalue weighted by Gasteiger charge is -2.36. The molecule has 2 aromatic carbocycles. The Balaban J connectivity index is 1.10. The van der Waals surface area contributed by atoms with Crippen molar-refractivity contribution < 1.29 is 18.3 Å². The van der Waals surface area contributed by atoms with Crippen molar-refractivity contribution in [3.63, 3.8) is 0 Å². The Hall–Kier alpha value is -2.69. The molecule has 3 aromatic rings. The summed E-state index contributed by atoms with van der Waals surface area (Å²) in [7, 11) is 0. The van der Waals surface area contributed by atoms with Crippen molar-refractivity contribution in [2.24, 2.45) is 5.92 Å². The lowest BCUT2D eigenvalue weighted by Crippen LogP contribution is -2.47. The standard InChI is InChI=1S/C36H42Cl3F2N5O2/c1-22-14-31(38)35(32(39)15-22)48-27-10-13-45(21-27)34-7-3-24(17-44-34)28-9-12-42-18-29(28)36(47)46(26-4-5-26)20-25-16-23(2-6-30(25)37)8-11-43-19-33(40)41/h2-3,6-7,14-17,26-29,33,42-43H,4-5,8-13,18-21H2,1H3/t27-,28?,29?/m1/s1. The van der Waals surface area contributed by atoms with Crippen molar-refractivity contribution in [2.45, 2.75) is 70.1 Å². The second-order valence-electron chi connectivity index (χ2n) is 13.2. The van der Waals surface area contributed by atoms with E-state index >= 15 is 0 Å². The number of amides is 1. The molecule has 3 aliphatic rings. The van der Waals surface area contributed by atoms with Gasteiger partial charge in [0.1, 0.15) is 11.9 Å². The van der Waals surface area contributed by atoms with Gasteiger partial charge in [-0.1, -0.05) is 53.0 Å². The van der Waals surface area contributed by atoms with Crippen LogP contribution < -0.4 is 20.3 Å². The number of halogens is 5. The molecule has 3 heterocycles. The highest BCUT2D eigenvalue weighted by atomic mass is 35.5. The maximum atomic E-state index is 14.3. The Labute approximate surface area is 296 Å². The zero-order chi connectivity index (χ0) is 33.8. The van der Waals surface area contributed by atoms with Crippen molar-refractivity contribution in [1.82, 2.24) is 20.5 Å². The van der Waals surface area contributed by atoms with Crippen LogP contribution in [0.2, 0.25) is 15.1 Å². The van der Waals surface area contributed by atoms with E-state index in [2.05, 4.69) is 21.6 Å². The number of nitrogens with zero attached hydrogens (tertiary/aromatic N) is 3. The molecule has 0 spiro atoms. The van der Waals surface area contributed by atoms with E-state index in [0.29, 0.717) is 53.4 Å². The van der Waals surface area contributed by atoms with E-state index in [1.54, 1.807) is 0 Å². The number of benzene rings is 2. The van der Waals surface area contributed by atoms with Crippen LogP contribution in [0.1, 0.15) is 53.9 Å². The van der Waals surface area contributed by atoms with E-state index in [-0.39, 0.29) is 36.4 Å². The number of alkyl halides is 2. The number of nitrogens with one attached hydrogen (secondary N) is 2. The summed E-state index contributed by atoms with van der Waals surface area (Å²) in [4.78, 5) is 23.3. The molecule has 2 saturated heterocycles. The SMILES string of the molecule is Cc1cc(Cl)c(O[C@@H]2CCN(c3ccc(C4CCNCC4C(=O)N(Cc4cc(CCNCC(F)F)ccc4Cl)C4CC4)cn3)C2)c(Cl)c1. The first-order chi connectivity index (χ1) is 23.2. The average molecular weight is 721 g/mol. The molecular weight excluding hydrogens is 679 g/mol. The second kappa shape index (κ2) is 15.9. The van der Waals surface area contributed by atoms with Crippen LogP contribution >= 0.6 is 34.8 Å². The van der Waals surface area contributed by atoms with Gasteiger partial charge in [0.2, 0.25) is 5.91 Å². The predicted molar refractivity (Wildman–Crippen MR) is 188 cm³/mol. The van der Waals surface area contributed by atoms with Crippen LogP contribution in [0, 0.1) is 12.8 Å². The zero-order valence-electron chi connectivity index (χ0n) is 27.0. The highest BCUT2D eigenvalue weighted by molar-refractivity contribution is 6.37. The Bertz CT molecular complexity index is 1550. The van der Waals surface area contributed by atoms with E-state index in [1.165, 1.54) is 0 Å². The monoisotopic (exact) mass is 719 g/mol. The molecule has 7 nitrogen and oxygen atoms in total. The van der Waals surface area contributed by atoms with E-state index in [0.717, 1.165) is 66.8 Å². The summed E-state index contributed by atoms with van der Waals surface area (Å²) >= 11 is 19.5. The lowest BCUT2D eigenvalue weighted by molar-refractivity contribution is -0.138. The fraction of sp³-hybridized carbons (Fsp3) is 0.500. The van der Waals surface area contributed by atoms with E-state index in [4.69, 9.17) is 44.5 Å². The van der Waals surface area contributed by atoms with Crippen LogP contribution in [0.4, 0.5) is 14.6 Å². The van der Waals surface area contributed by atoms with Gasteiger partial charge in [0.05, 0.1) is 29.1 Å². The van der Waals surface area contributed by atoms with Crippen molar-refractivity contribution in [2.75, 3.05) is 44.2 Å². The van der Waals surface area contributed by atoms with Gasteiger partial charge in [0.25, 0.3) is 6.43 Å². The number of carbonyl (C=O) groups excluding carboxylic acids is 1. The average Bonchev–Trinajstić information content (AvgIpc) is 3.81. The van der Waals surface area contributed by atoms with Gasteiger partial charge in [-0.25, -0.2) is 13.8 Å². The number of hydrogen-bond donors (Lipinski definition) is 2. The predicted octanol–water partition coefficient (Wildman–Crippen LogP) is 7.29. The number of piperidine rings is 1. The topological polar surface area (TPSA) is 69.7 Å². The maximum absolute atomic E-state index is 14.3. The number of pyridine rings is 1. The largest absolute Gasteiger partial charge is 0.485 e. The van der Waals surface area contributed by atoms with Crippen LogP contribution in [0.15, 0.2) is 48.7 Å². The van der Waals surface area contributed by atoms with Crippen molar-refractivity contribution in [3.8, 4) is 5.75 Å². The molecule has 258 valence electrons. The quantitative estimate of drug-likeness (QED) is 0.181. The van der Waals surface area contributed by atoms with E-state index in [9.17, 15) is 13.6 Å². The van der Waals surface area contributed by atoms with Gasteiger partial charge >= 0.3 is 0 Å². The highest BCUT2D eigenvalue weighted by Gasteiger charge is 2.40. The van der Waals surface area contributed by atoms with Gasteiger partial charge in [-0.3, -0.25) is 4.79 Å². The first-order valence-electron chi connectivity index (χ1n) is 16.8. The third-order valence-corrected chi connectivity index (χ3v) is 10.4. The van der Waals surface area contributed by atoms with Gasteiger partial charge in [-0.05, 0) is 98.1 Å². The van der Waals surface area contributed by atoms with Crippen LogP contribution in [-0.4, -0.2) is 73.6 Å². The number of anilines is 1.